The molecule has 2 rings (SSSR count). The van der Waals surface area contributed by atoms with Gasteiger partial charge in [-0.05, 0) is 53.0 Å². The van der Waals surface area contributed by atoms with Crippen molar-refractivity contribution in [2.75, 3.05) is 39.4 Å². The van der Waals surface area contributed by atoms with Crippen LogP contribution < -0.4 is 21.3 Å². The van der Waals surface area contributed by atoms with Crippen molar-refractivity contribution in [3.05, 3.63) is 35.9 Å². The molecule has 4 N–H and O–H groups in total. The van der Waals surface area contributed by atoms with Gasteiger partial charge in [-0.25, -0.2) is 4.79 Å². The van der Waals surface area contributed by atoms with Crippen LogP contribution in [0, 0.1) is 0 Å². The summed E-state index contributed by atoms with van der Waals surface area (Å²) in [4.78, 5) is 16.7. The minimum absolute atomic E-state index is 0. The highest BCUT2D eigenvalue weighted by molar-refractivity contribution is 14.0. The average molecular weight is 576 g/mol. The van der Waals surface area contributed by atoms with Crippen LogP contribution in [0.4, 0.5) is 4.79 Å². The van der Waals surface area contributed by atoms with E-state index in [2.05, 4.69) is 52.5 Å². The van der Waals surface area contributed by atoms with Crippen molar-refractivity contribution >= 4 is 36.0 Å². The number of halogens is 1. The molecule has 1 unspecified atom stereocenters. The number of aliphatic imine (C=N–C) groups is 1. The summed E-state index contributed by atoms with van der Waals surface area (Å²) >= 11 is 0. The first-order chi connectivity index (χ1) is 15.2. The Balaban J connectivity index is 0.00000544. The summed E-state index contributed by atoms with van der Waals surface area (Å²) < 4.78 is 10.9. The van der Waals surface area contributed by atoms with Gasteiger partial charge in [0.25, 0.3) is 0 Å². The van der Waals surface area contributed by atoms with Crippen molar-refractivity contribution in [2.24, 2.45) is 4.99 Å². The van der Waals surface area contributed by atoms with Gasteiger partial charge in [-0.3, -0.25) is 4.99 Å². The largest absolute Gasteiger partial charge is 0.444 e. The van der Waals surface area contributed by atoms with E-state index in [1.807, 2.05) is 33.8 Å². The molecule has 8 nitrogen and oxygen atoms in total. The minimum Gasteiger partial charge on any atom is -0.444 e. The number of alkyl carbamates (subject to hydrolysis) is 1. The van der Waals surface area contributed by atoms with E-state index in [-0.39, 0.29) is 35.6 Å². The number of hydrogen-bond donors (Lipinski definition) is 4. The third-order valence-corrected chi connectivity index (χ3v) is 5.24. The number of rotatable bonds is 9. The fraction of sp³-hybridized carbons (Fsp3) is 0.667. The number of amides is 1. The van der Waals surface area contributed by atoms with E-state index in [9.17, 15) is 4.79 Å². The maximum Gasteiger partial charge on any atom is 0.407 e. The van der Waals surface area contributed by atoms with Gasteiger partial charge in [0.15, 0.2) is 5.96 Å². The van der Waals surface area contributed by atoms with Gasteiger partial charge >= 0.3 is 6.09 Å². The summed E-state index contributed by atoms with van der Waals surface area (Å²) in [6, 6.07) is 10.7. The first kappa shape index (κ1) is 29.4. The molecule has 1 fully saturated rings. The molecule has 0 aromatic heterocycles. The number of hydrogen-bond acceptors (Lipinski definition) is 5. The summed E-state index contributed by atoms with van der Waals surface area (Å²) in [5.41, 5.74) is 0.640. The maximum atomic E-state index is 11.8. The highest BCUT2D eigenvalue weighted by atomic mass is 127. The predicted octanol–water partition coefficient (Wildman–Crippen LogP) is 3.58. The van der Waals surface area contributed by atoms with E-state index in [0.29, 0.717) is 19.6 Å². The lowest BCUT2D eigenvalue weighted by Gasteiger charge is -2.39. The highest BCUT2D eigenvalue weighted by Gasteiger charge is 2.34. The van der Waals surface area contributed by atoms with E-state index in [1.165, 1.54) is 5.56 Å². The molecule has 1 aliphatic rings. The summed E-state index contributed by atoms with van der Waals surface area (Å²) in [7, 11) is 0. The molecular formula is C24H42IN5O3. The van der Waals surface area contributed by atoms with Crippen LogP contribution >= 0.6 is 24.0 Å². The number of nitrogens with one attached hydrogen (secondary N) is 4. The zero-order valence-electron chi connectivity index (χ0n) is 20.7. The molecule has 0 spiro atoms. The SMILES string of the molecule is CCNC(=NCC1(NC(C)c2ccccc2)CCOCC1)NCCNC(=O)OC(C)(C)C.I. The molecule has 0 aliphatic carbocycles. The molecule has 33 heavy (non-hydrogen) atoms. The van der Waals surface area contributed by atoms with Gasteiger partial charge in [0.1, 0.15) is 5.60 Å². The Morgan fingerprint density at radius 3 is 2.36 bits per heavy atom. The summed E-state index contributed by atoms with van der Waals surface area (Å²) in [6.07, 6.45) is 1.40. The molecule has 1 aromatic carbocycles. The van der Waals surface area contributed by atoms with Crippen molar-refractivity contribution in [2.45, 2.75) is 64.6 Å². The molecule has 1 aromatic rings. The lowest BCUT2D eigenvalue weighted by molar-refractivity contribution is 0.0374. The van der Waals surface area contributed by atoms with Crippen LogP contribution in [0.1, 0.15) is 59.1 Å². The summed E-state index contributed by atoms with van der Waals surface area (Å²) in [5.74, 6) is 0.735. The zero-order valence-corrected chi connectivity index (χ0v) is 23.0. The van der Waals surface area contributed by atoms with Crippen LogP contribution in [-0.4, -0.2) is 62.6 Å². The first-order valence-electron chi connectivity index (χ1n) is 11.6. The molecule has 1 saturated heterocycles. The number of nitrogens with zero attached hydrogens (tertiary/aromatic N) is 1. The normalized spacial score (nSPS) is 16.8. The van der Waals surface area contributed by atoms with Crippen molar-refractivity contribution in [3.63, 3.8) is 0 Å². The Bertz CT molecular complexity index is 719. The standard InChI is InChI=1S/C24H41N5O3.HI/c1-6-25-21(26-14-15-27-22(30)32-23(3,4)5)28-18-24(12-16-31-17-13-24)29-19(2)20-10-8-7-9-11-20;/h7-11,19,29H,6,12-18H2,1-5H3,(H,27,30)(H2,25,26,28);1H. The predicted molar refractivity (Wildman–Crippen MR) is 144 cm³/mol. The Hall–Kier alpha value is -1.59. The molecule has 0 bridgehead atoms. The van der Waals surface area contributed by atoms with E-state index in [0.717, 1.165) is 38.6 Å². The lowest BCUT2D eigenvalue weighted by atomic mass is 9.88. The van der Waals surface area contributed by atoms with E-state index in [1.54, 1.807) is 0 Å². The third kappa shape index (κ3) is 11.4. The fourth-order valence-electron chi connectivity index (χ4n) is 3.63. The number of carbonyl (C=O) groups excluding carboxylic acids is 1. The van der Waals surface area contributed by atoms with Crippen LogP contribution in [-0.2, 0) is 9.47 Å². The maximum absolute atomic E-state index is 11.8. The van der Waals surface area contributed by atoms with Crippen LogP contribution in [0.5, 0.6) is 0 Å². The Kier molecular flexibility index (Phi) is 13.0. The molecule has 1 atom stereocenters. The Morgan fingerprint density at radius 1 is 1.12 bits per heavy atom. The number of ether oxygens (including phenoxy) is 2. The van der Waals surface area contributed by atoms with Crippen molar-refractivity contribution < 1.29 is 14.3 Å². The fourth-order valence-corrected chi connectivity index (χ4v) is 3.63. The quantitative estimate of drug-likeness (QED) is 0.156. The number of benzene rings is 1. The molecule has 9 heteroatoms. The summed E-state index contributed by atoms with van der Waals surface area (Å²) in [5, 5.41) is 13.2. The van der Waals surface area contributed by atoms with E-state index in [4.69, 9.17) is 14.5 Å². The second-order valence-electron chi connectivity index (χ2n) is 9.22. The van der Waals surface area contributed by atoms with Gasteiger partial charge in [0.2, 0.25) is 0 Å². The summed E-state index contributed by atoms with van der Waals surface area (Å²) in [6.45, 7) is 13.6. The van der Waals surface area contributed by atoms with Gasteiger partial charge in [0, 0.05) is 44.4 Å². The minimum atomic E-state index is -0.504. The average Bonchev–Trinajstić information content (AvgIpc) is 2.75. The van der Waals surface area contributed by atoms with Gasteiger partial charge < -0.3 is 30.7 Å². The van der Waals surface area contributed by atoms with Crippen molar-refractivity contribution in [3.8, 4) is 0 Å². The smallest absolute Gasteiger partial charge is 0.407 e. The van der Waals surface area contributed by atoms with Crippen LogP contribution in [0.25, 0.3) is 0 Å². The van der Waals surface area contributed by atoms with Gasteiger partial charge in [-0.1, -0.05) is 30.3 Å². The Morgan fingerprint density at radius 2 is 1.76 bits per heavy atom. The molecule has 1 amide bonds. The van der Waals surface area contributed by atoms with E-state index < -0.39 is 11.7 Å². The molecule has 188 valence electrons. The monoisotopic (exact) mass is 575 g/mol. The third-order valence-electron chi connectivity index (χ3n) is 5.24. The number of guanidine groups is 1. The molecule has 0 saturated carbocycles. The molecule has 1 aliphatic heterocycles. The highest BCUT2D eigenvalue weighted by Crippen LogP contribution is 2.26. The zero-order chi connectivity index (χ0) is 23.5. The van der Waals surface area contributed by atoms with Crippen LogP contribution in [0.3, 0.4) is 0 Å². The second kappa shape index (κ2) is 14.6. The first-order valence-corrected chi connectivity index (χ1v) is 11.6. The molecule has 1 heterocycles. The second-order valence-corrected chi connectivity index (χ2v) is 9.22. The lowest BCUT2D eigenvalue weighted by Crippen LogP contribution is -2.53. The van der Waals surface area contributed by atoms with Crippen molar-refractivity contribution in [1.29, 1.82) is 0 Å². The van der Waals surface area contributed by atoms with Gasteiger partial charge in [0.05, 0.1) is 6.54 Å². The molecular weight excluding hydrogens is 533 g/mol. The van der Waals surface area contributed by atoms with E-state index >= 15 is 0 Å². The van der Waals surface area contributed by atoms with Crippen LogP contribution in [0.15, 0.2) is 35.3 Å². The van der Waals surface area contributed by atoms with Crippen LogP contribution in [0.2, 0.25) is 0 Å². The molecule has 0 radical (unpaired) electrons. The van der Waals surface area contributed by atoms with Crippen molar-refractivity contribution in [1.82, 2.24) is 21.3 Å². The van der Waals surface area contributed by atoms with Gasteiger partial charge in [-0.2, -0.15) is 0 Å². The number of carbonyl (C=O) groups is 1. The van der Waals surface area contributed by atoms with Gasteiger partial charge in [-0.15, -0.1) is 24.0 Å². The topological polar surface area (TPSA) is 96.0 Å². The Labute approximate surface area is 216 Å².